The molecule has 7 heteroatoms. The van der Waals surface area contributed by atoms with Gasteiger partial charge in [-0.05, 0) is 31.5 Å². The summed E-state index contributed by atoms with van der Waals surface area (Å²) >= 11 is 1.53. The van der Waals surface area contributed by atoms with Crippen LogP contribution in [0.2, 0.25) is 0 Å². The maximum atomic E-state index is 12.6. The lowest BCUT2D eigenvalue weighted by molar-refractivity contribution is -0.139. The Balaban J connectivity index is 2.15. The van der Waals surface area contributed by atoms with Crippen molar-refractivity contribution in [2.45, 2.75) is 26.3 Å². The number of amides is 1. The molecule has 0 aliphatic carbocycles. The lowest BCUT2D eigenvalue weighted by Crippen LogP contribution is -2.45. The number of esters is 1. The molecule has 6 nitrogen and oxygen atoms in total. The lowest BCUT2D eigenvalue weighted by atomic mass is 9.94. The van der Waals surface area contributed by atoms with Crippen molar-refractivity contribution in [3.05, 3.63) is 41.1 Å². The molecule has 0 N–H and O–H groups in total. The van der Waals surface area contributed by atoms with Crippen molar-refractivity contribution in [2.24, 2.45) is 4.99 Å². The monoisotopic (exact) mass is 360 g/mol. The largest absolute Gasteiger partial charge is 0.497 e. The minimum atomic E-state index is -0.554. The van der Waals surface area contributed by atoms with Crippen LogP contribution in [0.3, 0.4) is 0 Å². The molecule has 2 heterocycles. The van der Waals surface area contributed by atoms with Gasteiger partial charge in [0.15, 0.2) is 5.17 Å². The van der Waals surface area contributed by atoms with Gasteiger partial charge in [-0.1, -0.05) is 23.9 Å². The van der Waals surface area contributed by atoms with E-state index in [-0.39, 0.29) is 12.5 Å². The molecule has 2 aliphatic rings. The first-order valence-electron chi connectivity index (χ1n) is 8.12. The molecular weight excluding hydrogens is 340 g/mol. The number of nitrogens with zero attached hydrogens (tertiary/aromatic N) is 2. The van der Waals surface area contributed by atoms with E-state index in [1.165, 1.54) is 11.8 Å². The number of aliphatic imine (C=N–C) groups is 1. The van der Waals surface area contributed by atoms with E-state index in [4.69, 9.17) is 9.47 Å². The zero-order valence-corrected chi connectivity index (χ0v) is 15.3. The Morgan fingerprint density at radius 1 is 1.44 bits per heavy atom. The number of hydrogen-bond acceptors (Lipinski definition) is 6. The van der Waals surface area contributed by atoms with Crippen molar-refractivity contribution in [1.29, 1.82) is 0 Å². The van der Waals surface area contributed by atoms with E-state index >= 15 is 0 Å². The quantitative estimate of drug-likeness (QED) is 0.772. The summed E-state index contributed by atoms with van der Waals surface area (Å²) in [5, 5.41) is 0.634. The van der Waals surface area contributed by atoms with Gasteiger partial charge in [0.1, 0.15) is 5.75 Å². The number of carbonyl (C=O) groups excluding carboxylic acids is 2. The number of hydrogen-bond donors (Lipinski definition) is 0. The predicted molar refractivity (Wildman–Crippen MR) is 96.4 cm³/mol. The van der Waals surface area contributed by atoms with Crippen LogP contribution in [0.1, 0.15) is 31.9 Å². The first kappa shape index (κ1) is 17.5. The molecule has 0 saturated carbocycles. The summed E-state index contributed by atoms with van der Waals surface area (Å²) in [6, 6.07) is 6.84. The Morgan fingerprint density at radius 2 is 2.24 bits per heavy atom. The number of amidine groups is 1. The van der Waals surface area contributed by atoms with Crippen LogP contribution in [0.25, 0.3) is 0 Å². The summed E-state index contributed by atoms with van der Waals surface area (Å²) in [7, 11) is 1.59. The van der Waals surface area contributed by atoms with Crippen molar-refractivity contribution >= 4 is 28.8 Å². The van der Waals surface area contributed by atoms with Gasteiger partial charge in [0.2, 0.25) is 5.91 Å². The second kappa shape index (κ2) is 7.31. The molecule has 0 bridgehead atoms. The van der Waals surface area contributed by atoms with Crippen LogP contribution in [0.15, 0.2) is 40.5 Å². The maximum Gasteiger partial charge on any atom is 0.338 e. The number of allylic oxidation sites excluding steroid dienone is 1. The molecule has 0 spiro atoms. The smallest absolute Gasteiger partial charge is 0.338 e. The lowest BCUT2D eigenvalue weighted by Gasteiger charge is -2.38. The number of benzene rings is 1. The van der Waals surface area contributed by atoms with Crippen LogP contribution >= 0.6 is 11.8 Å². The Labute approximate surface area is 150 Å². The molecule has 1 amide bonds. The Morgan fingerprint density at radius 3 is 2.96 bits per heavy atom. The van der Waals surface area contributed by atoms with Crippen molar-refractivity contribution < 1.29 is 19.1 Å². The summed E-state index contributed by atoms with van der Waals surface area (Å²) in [6.45, 7) is 3.80. The summed E-state index contributed by atoms with van der Waals surface area (Å²) in [4.78, 5) is 31.3. The van der Waals surface area contributed by atoms with Crippen LogP contribution in [0, 0.1) is 0 Å². The highest BCUT2D eigenvalue weighted by molar-refractivity contribution is 8.14. The normalized spacial score (nSPS) is 20.1. The number of rotatable bonds is 4. The Bertz CT molecular complexity index is 772. The molecule has 2 aliphatic heterocycles. The molecule has 1 fully saturated rings. The van der Waals surface area contributed by atoms with Gasteiger partial charge in [0.25, 0.3) is 0 Å². The van der Waals surface area contributed by atoms with E-state index in [2.05, 4.69) is 4.99 Å². The average molecular weight is 360 g/mol. The highest BCUT2D eigenvalue weighted by Crippen LogP contribution is 2.40. The van der Waals surface area contributed by atoms with E-state index < -0.39 is 12.0 Å². The van der Waals surface area contributed by atoms with Gasteiger partial charge < -0.3 is 9.47 Å². The number of methoxy groups -OCH3 is 1. The molecule has 1 aromatic carbocycles. The minimum absolute atomic E-state index is 0.0420. The SMILES string of the molecule is CCOC(=O)C1=C(C)N=C2SCCC(=O)N2[C@@H]1c1cccc(OC)c1. The van der Waals surface area contributed by atoms with Crippen LogP contribution in [-0.2, 0) is 14.3 Å². The predicted octanol–water partition coefficient (Wildman–Crippen LogP) is 2.91. The highest BCUT2D eigenvalue weighted by Gasteiger charge is 2.41. The van der Waals surface area contributed by atoms with Gasteiger partial charge in [-0.3, -0.25) is 9.69 Å². The van der Waals surface area contributed by atoms with E-state index in [1.54, 1.807) is 25.9 Å². The molecule has 132 valence electrons. The zero-order chi connectivity index (χ0) is 18.0. The van der Waals surface area contributed by atoms with Crippen molar-refractivity contribution in [3.63, 3.8) is 0 Å². The molecule has 1 atom stereocenters. The van der Waals surface area contributed by atoms with Crippen molar-refractivity contribution in [3.8, 4) is 5.75 Å². The van der Waals surface area contributed by atoms with Crippen molar-refractivity contribution in [1.82, 2.24) is 4.90 Å². The topological polar surface area (TPSA) is 68.2 Å². The van der Waals surface area contributed by atoms with E-state index in [0.717, 1.165) is 5.56 Å². The third-order valence-corrected chi connectivity index (χ3v) is 5.07. The fourth-order valence-electron chi connectivity index (χ4n) is 2.99. The maximum absolute atomic E-state index is 12.6. The van der Waals surface area contributed by atoms with Crippen LogP contribution in [0.4, 0.5) is 0 Å². The third kappa shape index (κ3) is 3.28. The average Bonchev–Trinajstić information content (AvgIpc) is 2.61. The van der Waals surface area contributed by atoms with Gasteiger partial charge in [0, 0.05) is 12.2 Å². The van der Waals surface area contributed by atoms with Gasteiger partial charge in [0.05, 0.1) is 31.0 Å². The third-order valence-electron chi connectivity index (χ3n) is 4.11. The van der Waals surface area contributed by atoms with Gasteiger partial charge in [-0.2, -0.15) is 0 Å². The summed E-state index contributed by atoms with van der Waals surface area (Å²) in [6.07, 6.45) is 0.416. The fraction of sp³-hybridized carbons (Fsp3) is 0.389. The Kier molecular flexibility index (Phi) is 5.13. The van der Waals surface area contributed by atoms with Crippen LogP contribution in [-0.4, -0.2) is 41.4 Å². The molecular formula is C18H20N2O4S. The fourth-order valence-corrected chi connectivity index (χ4v) is 4.00. The molecule has 0 aromatic heterocycles. The summed E-state index contributed by atoms with van der Waals surface area (Å²) in [5.41, 5.74) is 1.78. The molecule has 25 heavy (non-hydrogen) atoms. The van der Waals surface area contributed by atoms with E-state index in [0.29, 0.717) is 34.4 Å². The molecule has 1 aromatic rings. The number of carbonyl (C=O) groups is 2. The summed E-state index contributed by atoms with van der Waals surface area (Å²) < 4.78 is 10.5. The molecule has 0 radical (unpaired) electrons. The van der Waals surface area contributed by atoms with Gasteiger partial charge in [-0.15, -0.1) is 0 Å². The van der Waals surface area contributed by atoms with Crippen LogP contribution in [0.5, 0.6) is 5.75 Å². The minimum Gasteiger partial charge on any atom is -0.497 e. The standard InChI is InChI=1S/C18H20N2O4S/c1-4-24-17(22)15-11(2)19-18-20(14(21)8-9-25-18)16(15)12-6-5-7-13(10-12)23-3/h5-7,10,16H,4,8-9H2,1-3H3/t16-/m1/s1. The van der Waals surface area contributed by atoms with E-state index in [1.807, 2.05) is 24.3 Å². The van der Waals surface area contributed by atoms with Crippen LogP contribution < -0.4 is 4.74 Å². The first-order chi connectivity index (χ1) is 12.1. The van der Waals surface area contributed by atoms with Gasteiger partial charge in [-0.25, -0.2) is 9.79 Å². The van der Waals surface area contributed by atoms with Gasteiger partial charge >= 0.3 is 5.97 Å². The molecule has 0 unspecified atom stereocenters. The molecule has 1 saturated heterocycles. The first-order valence-corrected chi connectivity index (χ1v) is 9.10. The molecule has 3 rings (SSSR count). The highest BCUT2D eigenvalue weighted by atomic mass is 32.2. The Hall–Kier alpha value is -2.28. The number of ether oxygens (including phenoxy) is 2. The zero-order valence-electron chi connectivity index (χ0n) is 14.4. The van der Waals surface area contributed by atoms with Crippen molar-refractivity contribution in [2.75, 3.05) is 19.5 Å². The summed E-state index contributed by atoms with van der Waals surface area (Å²) in [5.74, 6) is 0.874. The second-order valence-electron chi connectivity index (χ2n) is 5.66. The van der Waals surface area contributed by atoms with E-state index in [9.17, 15) is 9.59 Å². The number of fused-ring (bicyclic) bond motifs is 1. The number of thioether (sulfide) groups is 1. The second-order valence-corrected chi connectivity index (χ2v) is 6.72.